The molecule has 21 heavy (non-hydrogen) atoms. The fraction of sp³-hybridized carbons (Fsp3) is 0.111. The zero-order valence-electron chi connectivity index (χ0n) is 11.7. The standard InChI is InChI=1S/C18H15NO2/c1-2-13-8-6-7-11-15(13)17(18(20)21)16(12-19)14-9-4-3-5-10-14/h3-11H,2H2,1H3,(H,20,21). The first-order valence-corrected chi connectivity index (χ1v) is 6.70. The molecule has 0 aromatic heterocycles. The van der Waals surface area contributed by atoms with Crippen LogP contribution in [0.4, 0.5) is 0 Å². The molecule has 3 nitrogen and oxygen atoms in total. The van der Waals surface area contributed by atoms with Gasteiger partial charge in [-0.25, -0.2) is 4.79 Å². The summed E-state index contributed by atoms with van der Waals surface area (Å²) in [5, 5.41) is 19.1. The van der Waals surface area contributed by atoms with E-state index in [1.165, 1.54) is 0 Å². The van der Waals surface area contributed by atoms with Crippen LogP contribution in [0.5, 0.6) is 0 Å². The van der Waals surface area contributed by atoms with Crippen molar-refractivity contribution in [3.8, 4) is 6.07 Å². The third-order valence-corrected chi connectivity index (χ3v) is 3.31. The third-order valence-electron chi connectivity index (χ3n) is 3.31. The molecule has 0 bridgehead atoms. The maximum atomic E-state index is 11.7. The number of aliphatic carboxylic acids is 1. The second-order valence-electron chi connectivity index (χ2n) is 4.54. The van der Waals surface area contributed by atoms with E-state index < -0.39 is 5.97 Å². The van der Waals surface area contributed by atoms with E-state index in [2.05, 4.69) is 0 Å². The monoisotopic (exact) mass is 277 g/mol. The van der Waals surface area contributed by atoms with Crippen molar-refractivity contribution >= 4 is 17.1 Å². The van der Waals surface area contributed by atoms with E-state index in [1.54, 1.807) is 36.4 Å². The minimum Gasteiger partial charge on any atom is -0.478 e. The molecule has 0 aliphatic carbocycles. The van der Waals surface area contributed by atoms with E-state index in [1.807, 2.05) is 31.2 Å². The van der Waals surface area contributed by atoms with Gasteiger partial charge in [0.2, 0.25) is 0 Å². The normalized spacial score (nSPS) is 11.4. The van der Waals surface area contributed by atoms with Crippen LogP contribution in [0.25, 0.3) is 11.1 Å². The van der Waals surface area contributed by atoms with Gasteiger partial charge in [-0.1, -0.05) is 61.5 Å². The quantitative estimate of drug-likeness (QED) is 0.525. The fourth-order valence-electron chi connectivity index (χ4n) is 2.30. The van der Waals surface area contributed by atoms with Gasteiger partial charge in [-0.2, -0.15) is 5.26 Å². The number of carboxylic acid groups (broad SMARTS) is 1. The van der Waals surface area contributed by atoms with E-state index in [0.29, 0.717) is 17.5 Å². The molecular weight excluding hydrogens is 262 g/mol. The van der Waals surface area contributed by atoms with Crippen molar-refractivity contribution in [1.82, 2.24) is 0 Å². The zero-order valence-corrected chi connectivity index (χ0v) is 11.7. The first-order valence-electron chi connectivity index (χ1n) is 6.70. The SMILES string of the molecule is CCc1ccccc1C(C(=O)O)=C(C#N)c1ccccc1. The predicted molar refractivity (Wildman–Crippen MR) is 82.3 cm³/mol. The topological polar surface area (TPSA) is 61.1 Å². The van der Waals surface area contributed by atoms with Gasteiger partial charge in [0.05, 0.1) is 11.1 Å². The van der Waals surface area contributed by atoms with Crippen LogP contribution in [0.3, 0.4) is 0 Å². The predicted octanol–water partition coefficient (Wildman–Crippen LogP) is 3.77. The van der Waals surface area contributed by atoms with Gasteiger partial charge in [0.25, 0.3) is 0 Å². The van der Waals surface area contributed by atoms with Crippen LogP contribution >= 0.6 is 0 Å². The molecular formula is C18H15NO2. The van der Waals surface area contributed by atoms with Crippen molar-refractivity contribution in [3.63, 3.8) is 0 Å². The average molecular weight is 277 g/mol. The van der Waals surface area contributed by atoms with E-state index in [-0.39, 0.29) is 11.1 Å². The second-order valence-corrected chi connectivity index (χ2v) is 4.54. The van der Waals surface area contributed by atoms with E-state index in [4.69, 9.17) is 0 Å². The molecule has 104 valence electrons. The van der Waals surface area contributed by atoms with Crippen molar-refractivity contribution in [2.45, 2.75) is 13.3 Å². The Hall–Kier alpha value is -2.86. The number of nitriles is 1. The smallest absolute Gasteiger partial charge is 0.337 e. The van der Waals surface area contributed by atoms with E-state index in [0.717, 1.165) is 5.56 Å². The molecule has 2 aromatic carbocycles. The molecule has 0 amide bonds. The highest BCUT2D eigenvalue weighted by atomic mass is 16.4. The van der Waals surface area contributed by atoms with Gasteiger partial charge >= 0.3 is 5.97 Å². The highest BCUT2D eigenvalue weighted by Crippen LogP contribution is 2.28. The molecule has 0 aliphatic heterocycles. The molecule has 0 spiro atoms. The summed E-state index contributed by atoms with van der Waals surface area (Å²) in [5.41, 5.74) is 2.37. The molecule has 3 heteroatoms. The minimum absolute atomic E-state index is 0.0566. The van der Waals surface area contributed by atoms with Gasteiger partial charge in [-0.05, 0) is 23.1 Å². The van der Waals surface area contributed by atoms with Crippen LogP contribution in [-0.2, 0) is 11.2 Å². The van der Waals surface area contributed by atoms with Crippen LogP contribution in [0, 0.1) is 11.3 Å². The van der Waals surface area contributed by atoms with Crippen LogP contribution in [0.1, 0.15) is 23.6 Å². The average Bonchev–Trinajstić information content (AvgIpc) is 2.53. The Morgan fingerprint density at radius 1 is 1.10 bits per heavy atom. The molecule has 2 rings (SSSR count). The number of benzene rings is 2. The Morgan fingerprint density at radius 2 is 1.71 bits per heavy atom. The number of carboxylic acids is 1. The minimum atomic E-state index is -1.09. The van der Waals surface area contributed by atoms with Gasteiger partial charge in [-0.15, -0.1) is 0 Å². The van der Waals surface area contributed by atoms with Crippen molar-refractivity contribution < 1.29 is 9.90 Å². The van der Waals surface area contributed by atoms with Crippen LogP contribution in [-0.4, -0.2) is 11.1 Å². The van der Waals surface area contributed by atoms with Crippen molar-refractivity contribution in [2.24, 2.45) is 0 Å². The molecule has 1 N–H and O–H groups in total. The van der Waals surface area contributed by atoms with Crippen LogP contribution in [0.2, 0.25) is 0 Å². The fourth-order valence-corrected chi connectivity index (χ4v) is 2.30. The number of allylic oxidation sites excluding steroid dienone is 1. The van der Waals surface area contributed by atoms with Gasteiger partial charge < -0.3 is 5.11 Å². The summed E-state index contributed by atoms with van der Waals surface area (Å²) in [5.74, 6) is -1.09. The van der Waals surface area contributed by atoms with Crippen molar-refractivity contribution in [3.05, 3.63) is 71.3 Å². The Labute approximate surface area is 123 Å². The summed E-state index contributed by atoms with van der Waals surface area (Å²) in [6.07, 6.45) is 0.709. The van der Waals surface area contributed by atoms with Gasteiger partial charge in [0.1, 0.15) is 6.07 Å². The van der Waals surface area contributed by atoms with Crippen LogP contribution < -0.4 is 0 Å². The van der Waals surface area contributed by atoms with E-state index in [9.17, 15) is 15.2 Å². The summed E-state index contributed by atoms with van der Waals surface area (Å²) < 4.78 is 0. The van der Waals surface area contributed by atoms with Gasteiger partial charge in [-0.3, -0.25) is 0 Å². The maximum absolute atomic E-state index is 11.7. The number of rotatable bonds is 4. The molecule has 2 aromatic rings. The summed E-state index contributed by atoms with van der Waals surface area (Å²) in [4.78, 5) is 11.7. The first-order chi connectivity index (χ1) is 10.2. The highest BCUT2D eigenvalue weighted by Gasteiger charge is 2.20. The lowest BCUT2D eigenvalue weighted by Crippen LogP contribution is -2.05. The second kappa shape index (κ2) is 6.53. The molecule has 0 saturated carbocycles. The van der Waals surface area contributed by atoms with Crippen LogP contribution in [0.15, 0.2) is 54.6 Å². The summed E-state index contributed by atoms with van der Waals surface area (Å²) in [7, 11) is 0. The summed E-state index contributed by atoms with van der Waals surface area (Å²) in [6, 6.07) is 18.3. The molecule has 0 radical (unpaired) electrons. The number of hydrogen-bond donors (Lipinski definition) is 1. The molecule has 0 saturated heterocycles. The lowest BCUT2D eigenvalue weighted by atomic mass is 9.91. The van der Waals surface area contributed by atoms with Gasteiger partial charge in [0, 0.05) is 0 Å². The van der Waals surface area contributed by atoms with Gasteiger partial charge in [0.15, 0.2) is 0 Å². The Balaban J connectivity index is 2.76. The van der Waals surface area contributed by atoms with Crippen molar-refractivity contribution in [2.75, 3.05) is 0 Å². The lowest BCUT2D eigenvalue weighted by molar-refractivity contribution is -0.130. The largest absolute Gasteiger partial charge is 0.478 e. The molecule has 0 unspecified atom stereocenters. The lowest BCUT2D eigenvalue weighted by Gasteiger charge is -2.11. The third kappa shape index (κ3) is 3.01. The number of aryl methyl sites for hydroxylation is 1. The Bertz CT molecular complexity index is 724. The Kier molecular flexibility index (Phi) is 4.53. The number of hydrogen-bond acceptors (Lipinski definition) is 2. The Morgan fingerprint density at radius 3 is 2.29 bits per heavy atom. The molecule has 0 heterocycles. The molecule has 0 atom stereocenters. The van der Waals surface area contributed by atoms with E-state index >= 15 is 0 Å². The number of carbonyl (C=O) groups is 1. The number of nitrogens with zero attached hydrogens (tertiary/aromatic N) is 1. The maximum Gasteiger partial charge on any atom is 0.337 e. The summed E-state index contributed by atoms with van der Waals surface area (Å²) >= 11 is 0. The van der Waals surface area contributed by atoms with Crippen molar-refractivity contribution in [1.29, 1.82) is 5.26 Å². The first kappa shape index (κ1) is 14.5. The summed E-state index contributed by atoms with van der Waals surface area (Å²) in [6.45, 7) is 1.97. The zero-order chi connectivity index (χ0) is 15.2. The highest BCUT2D eigenvalue weighted by molar-refractivity contribution is 6.26. The molecule has 0 fully saturated rings. The molecule has 0 aliphatic rings.